The lowest BCUT2D eigenvalue weighted by Crippen LogP contribution is -2.01. The minimum atomic E-state index is 0.662. The summed E-state index contributed by atoms with van der Waals surface area (Å²) in [5.41, 5.74) is 2.98. The van der Waals surface area contributed by atoms with Crippen LogP contribution in [0.3, 0.4) is 0 Å². The van der Waals surface area contributed by atoms with Crippen LogP contribution < -0.4 is 0 Å². The van der Waals surface area contributed by atoms with Gasteiger partial charge >= 0.3 is 0 Å². The smallest absolute Gasteiger partial charge is 0.164 e. The van der Waals surface area contributed by atoms with Crippen LogP contribution in [0.2, 0.25) is 0 Å². The quantitative estimate of drug-likeness (QED) is 0.186. The van der Waals surface area contributed by atoms with Crippen LogP contribution in [0.1, 0.15) is 0 Å². The van der Waals surface area contributed by atoms with Crippen molar-refractivity contribution in [3.8, 4) is 34.2 Å². The van der Waals surface area contributed by atoms with Gasteiger partial charge in [-0.25, -0.2) is 15.0 Å². The maximum atomic E-state index is 5.30. The Bertz CT molecular complexity index is 2870. The summed E-state index contributed by atoms with van der Waals surface area (Å²) in [4.78, 5) is 15.7. The van der Waals surface area contributed by atoms with Crippen LogP contribution in [0, 0.1) is 0 Å². The molecule has 3 nitrogen and oxygen atoms in total. The highest BCUT2D eigenvalue weighted by molar-refractivity contribution is 7.25. The second kappa shape index (κ2) is 10.3. The Kier molecular flexibility index (Phi) is 5.74. The number of aromatic nitrogens is 3. The number of fused-ring (bicyclic) bond motifs is 9. The summed E-state index contributed by atoms with van der Waals surface area (Å²) in [6, 6.07) is 53.9. The van der Waals surface area contributed by atoms with Crippen molar-refractivity contribution in [1.29, 1.82) is 0 Å². The zero-order valence-electron chi connectivity index (χ0n) is 25.2. The monoisotopic (exact) mass is 615 g/mol. The molecule has 0 amide bonds. The lowest BCUT2D eigenvalue weighted by Gasteiger charge is -2.13. The molecule has 0 unspecified atom stereocenters. The van der Waals surface area contributed by atoms with Crippen molar-refractivity contribution in [2.75, 3.05) is 0 Å². The minimum absolute atomic E-state index is 0.662. The standard InChI is InChI=1S/C43H25N3S/c1-2-11-29-25-30(20-19-26(29)9-1)41-44-42(46-43(45-41)36-16-8-18-38-40(36)34-14-5-6-17-37(34)47-38)35-15-7-12-28-22-23-32-31-13-4-3-10-27(31)21-24-33(32)39(28)35/h1-25H. The van der Waals surface area contributed by atoms with E-state index in [9.17, 15) is 0 Å². The van der Waals surface area contributed by atoms with E-state index in [1.165, 1.54) is 47.1 Å². The van der Waals surface area contributed by atoms with Crippen molar-refractivity contribution in [3.63, 3.8) is 0 Å². The highest BCUT2D eigenvalue weighted by Gasteiger charge is 2.19. The number of thiophene rings is 1. The van der Waals surface area contributed by atoms with Crippen LogP contribution in [0.25, 0.3) is 97.4 Å². The molecule has 0 N–H and O–H groups in total. The Hall–Kier alpha value is -5.97. The van der Waals surface area contributed by atoms with Crippen LogP contribution in [0.4, 0.5) is 0 Å². The van der Waals surface area contributed by atoms with Gasteiger partial charge in [-0.3, -0.25) is 0 Å². The topological polar surface area (TPSA) is 38.7 Å². The van der Waals surface area contributed by atoms with Gasteiger partial charge in [0.05, 0.1) is 0 Å². The van der Waals surface area contributed by atoms with Gasteiger partial charge in [0, 0.05) is 42.2 Å². The third-order valence-electron chi connectivity index (χ3n) is 9.29. The molecule has 0 aliphatic rings. The van der Waals surface area contributed by atoms with Crippen molar-refractivity contribution >= 4 is 74.6 Å². The molecule has 10 rings (SSSR count). The lowest BCUT2D eigenvalue weighted by molar-refractivity contribution is 1.08. The Labute approximate surface area is 274 Å². The molecule has 2 heterocycles. The number of rotatable bonds is 3. The minimum Gasteiger partial charge on any atom is -0.208 e. The van der Waals surface area contributed by atoms with Gasteiger partial charge in [0.1, 0.15) is 0 Å². The number of benzene rings is 8. The second-order valence-electron chi connectivity index (χ2n) is 12.0. The summed E-state index contributed by atoms with van der Waals surface area (Å²) in [7, 11) is 0. The fourth-order valence-electron chi connectivity index (χ4n) is 7.10. The van der Waals surface area contributed by atoms with Gasteiger partial charge in [0.25, 0.3) is 0 Å². The SMILES string of the molecule is c1ccc2cc(-c3nc(-c4cccc5ccc6c7ccccc7ccc6c45)nc(-c4cccc5sc6ccccc6c45)n3)ccc2c1. The fraction of sp³-hybridized carbons (Fsp3) is 0. The molecule has 4 heteroatoms. The fourth-order valence-corrected chi connectivity index (χ4v) is 8.23. The third-order valence-corrected chi connectivity index (χ3v) is 10.4. The predicted molar refractivity (Wildman–Crippen MR) is 199 cm³/mol. The molecule has 0 aliphatic carbocycles. The molecule has 47 heavy (non-hydrogen) atoms. The second-order valence-corrected chi connectivity index (χ2v) is 13.1. The van der Waals surface area contributed by atoms with Crippen LogP contribution >= 0.6 is 11.3 Å². The Morgan fingerprint density at radius 1 is 0.340 bits per heavy atom. The normalized spacial score (nSPS) is 11.8. The van der Waals surface area contributed by atoms with E-state index in [1.54, 1.807) is 11.3 Å². The van der Waals surface area contributed by atoms with E-state index < -0.39 is 0 Å². The highest BCUT2D eigenvalue weighted by Crippen LogP contribution is 2.41. The molecule has 0 radical (unpaired) electrons. The van der Waals surface area contributed by atoms with Crippen LogP contribution in [0.5, 0.6) is 0 Å². The van der Waals surface area contributed by atoms with Gasteiger partial charge in [-0.1, -0.05) is 133 Å². The van der Waals surface area contributed by atoms with Gasteiger partial charge in [0.15, 0.2) is 17.5 Å². The predicted octanol–water partition coefficient (Wildman–Crippen LogP) is 11.9. The zero-order valence-corrected chi connectivity index (χ0v) is 26.0. The van der Waals surface area contributed by atoms with Crippen LogP contribution in [0.15, 0.2) is 152 Å². The molecule has 0 aliphatic heterocycles. The summed E-state index contributed by atoms with van der Waals surface area (Å²) in [5, 5.41) is 11.9. The van der Waals surface area contributed by atoms with E-state index in [4.69, 9.17) is 15.0 Å². The molecule has 0 atom stereocenters. The molecule has 0 saturated carbocycles. The average Bonchev–Trinajstić information content (AvgIpc) is 3.53. The van der Waals surface area contributed by atoms with E-state index in [-0.39, 0.29) is 0 Å². The van der Waals surface area contributed by atoms with E-state index in [0.29, 0.717) is 17.5 Å². The highest BCUT2D eigenvalue weighted by atomic mass is 32.1. The van der Waals surface area contributed by atoms with Crippen molar-refractivity contribution in [1.82, 2.24) is 15.0 Å². The molecule has 0 bridgehead atoms. The van der Waals surface area contributed by atoms with Gasteiger partial charge in [-0.2, -0.15) is 0 Å². The lowest BCUT2D eigenvalue weighted by atomic mass is 9.94. The first-order chi connectivity index (χ1) is 23.3. The van der Waals surface area contributed by atoms with Crippen molar-refractivity contribution in [3.05, 3.63) is 152 Å². The average molecular weight is 616 g/mol. The summed E-state index contributed by atoms with van der Waals surface area (Å²) in [6.07, 6.45) is 0. The molecule has 0 fully saturated rings. The third kappa shape index (κ3) is 4.16. The summed E-state index contributed by atoms with van der Waals surface area (Å²) >= 11 is 1.81. The van der Waals surface area contributed by atoms with E-state index in [1.807, 2.05) is 0 Å². The Morgan fingerprint density at radius 3 is 1.81 bits per heavy atom. The molecule has 0 spiro atoms. The maximum Gasteiger partial charge on any atom is 0.164 e. The van der Waals surface area contributed by atoms with Crippen LogP contribution in [-0.4, -0.2) is 15.0 Å². The number of hydrogen-bond donors (Lipinski definition) is 0. The zero-order chi connectivity index (χ0) is 30.9. The van der Waals surface area contributed by atoms with Crippen molar-refractivity contribution < 1.29 is 0 Å². The number of nitrogens with zero attached hydrogens (tertiary/aromatic N) is 3. The molecular formula is C43H25N3S. The van der Waals surface area contributed by atoms with Gasteiger partial charge in [-0.15, -0.1) is 11.3 Å². The molecule has 10 aromatic rings. The molecular weight excluding hydrogens is 591 g/mol. The maximum absolute atomic E-state index is 5.30. The Balaban J connectivity index is 1.29. The summed E-state index contributed by atoms with van der Waals surface area (Å²) in [6.45, 7) is 0. The summed E-state index contributed by atoms with van der Waals surface area (Å²) < 4.78 is 2.48. The van der Waals surface area contributed by atoms with Crippen molar-refractivity contribution in [2.45, 2.75) is 0 Å². The molecule has 218 valence electrons. The first kappa shape index (κ1) is 26.3. The van der Waals surface area contributed by atoms with Gasteiger partial charge in [-0.05, 0) is 55.9 Å². The molecule has 8 aromatic carbocycles. The van der Waals surface area contributed by atoms with Crippen LogP contribution in [-0.2, 0) is 0 Å². The molecule has 2 aromatic heterocycles. The first-order valence-electron chi connectivity index (χ1n) is 15.8. The largest absolute Gasteiger partial charge is 0.208 e. The van der Waals surface area contributed by atoms with Gasteiger partial charge < -0.3 is 0 Å². The van der Waals surface area contributed by atoms with E-state index in [0.717, 1.165) is 32.8 Å². The summed E-state index contributed by atoms with van der Waals surface area (Å²) in [5.74, 6) is 2.01. The Morgan fingerprint density at radius 2 is 0.936 bits per heavy atom. The van der Waals surface area contributed by atoms with E-state index >= 15 is 0 Å². The van der Waals surface area contributed by atoms with E-state index in [2.05, 4.69) is 152 Å². The first-order valence-corrected chi connectivity index (χ1v) is 16.6. The number of hydrogen-bond acceptors (Lipinski definition) is 4. The molecule has 0 saturated heterocycles. The van der Waals surface area contributed by atoms with Crippen molar-refractivity contribution in [2.24, 2.45) is 0 Å². The van der Waals surface area contributed by atoms with Gasteiger partial charge in [0.2, 0.25) is 0 Å².